The Bertz CT molecular complexity index is 887. The number of fused-ring (bicyclic) bond motifs is 1. The lowest BCUT2D eigenvalue weighted by Gasteiger charge is -2.24. The fourth-order valence-electron chi connectivity index (χ4n) is 3.50. The van der Waals surface area contributed by atoms with E-state index in [0.717, 1.165) is 18.4 Å². The molecule has 4 rings (SSSR count). The highest BCUT2D eigenvalue weighted by Gasteiger charge is 2.29. The highest BCUT2D eigenvalue weighted by atomic mass is 16.2. The summed E-state index contributed by atoms with van der Waals surface area (Å²) >= 11 is 0. The van der Waals surface area contributed by atoms with Crippen LogP contribution >= 0.6 is 0 Å². The first kappa shape index (κ1) is 15.6. The molecule has 1 atom stereocenters. The zero-order chi connectivity index (χ0) is 17.2. The first-order valence-electron chi connectivity index (χ1n) is 8.51. The maximum Gasteiger partial charge on any atom is 0.276 e. The molecular weight excluding hydrogens is 312 g/mol. The van der Waals surface area contributed by atoms with Gasteiger partial charge in [-0.1, -0.05) is 59.8 Å². The zero-order valence-electron chi connectivity index (χ0n) is 14.2. The van der Waals surface area contributed by atoms with Crippen molar-refractivity contribution in [3.8, 4) is 0 Å². The van der Waals surface area contributed by atoms with Crippen molar-refractivity contribution in [1.29, 1.82) is 0 Å². The molecule has 3 aromatic rings. The van der Waals surface area contributed by atoms with Crippen LogP contribution in [0, 0.1) is 0 Å². The van der Waals surface area contributed by atoms with Crippen LogP contribution in [-0.4, -0.2) is 32.8 Å². The second-order valence-electron chi connectivity index (χ2n) is 6.46. The van der Waals surface area contributed by atoms with Gasteiger partial charge in [0.2, 0.25) is 0 Å². The van der Waals surface area contributed by atoms with Crippen LogP contribution in [0.3, 0.4) is 0 Å². The molecule has 0 bridgehead atoms. The molecule has 0 spiro atoms. The maximum absolute atomic E-state index is 12.8. The van der Waals surface area contributed by atoms with Crippen molar-refractivity contribution in [3.05, 3.63) is 83.2 Å². The van der Waals surface area contributed by atoms with E-state index in [1.807, 2.05) is 43.4 Å². The van der Waals surface area contributed by atoms with E-state index < -0.39 is 0 Å². The lowest BCUT2D eigenvalue weighted by atomic mass is 10.1. The summed E-state index contributed by atoms with van der Waals surface area (Å²) in [6.07, 6.45) is 3.70. The fourth-order valence-corrected chi connectivity index (χ4v) is 3.50. The topological polar surface area (TPSA) is 51.0 Å². The number of carbonyl (C=O) groups excluding carboxylic acids is 1. The maximum atomic E-state index is 12.8. The van der Waals surface area contributed by atoms with Crippen LogP contribution in [0.4, 0.5) is 0 Å². The molecule has 25 heavy (non-hydrogen) atoms. The summed E-state index contributed by atoms with van der Waals surface area (Å²) in [6, 6.07) is 18.5. The molecular formula is C20H20N4O. The van der Waals surface area contributed by atoms with Gasteiger partial charge in [0.1, 0.15) is 0 Å². The summed E-state index contributed by atoms with van der Waals surface area (Å²) in [7, 11) is 1.85. The van der Waals surface area contributed by atoms with Crippen molar-refractivity contribution in [1.82, 2.24) is 19.9 Å². The Morgan fingerprint density at radius 1 is 1.16 bits per heavy atom. The summed E-state index contributed by atoms with van der Waals surface area (Å²) in [4.78, 5) is 14.6. The molecule has 1 amide bonds. The van der Waals surface area contributed by atoms with Gasteiger partial charge >= 0.3 is 0 Å². The molecule has 0 fully saturated rings. The van der Waals surface area contributed by atoms with Crippen molar-refractivity contribution < 1.29 is 4.79 Å². The van der Waals surface area contributed by atoms with Crippen LogP contribution in [0.5, 0.6) is 0 Å². The second-order valence-corrected chi connectivity index (χ2v) is 6.46. The third-order valence-corrected chi connectivity index (χ3v) is 4.83. The minimum atomic E-state index is -0.0824. The number of aromatic nitrogens is 3. The molecule has 1 heterocycles. The molecule has 0 aliphatic heterocycles. The average Bonchev–Trinajstić information content (AvgIpc) is 3.28. The Kier molecular flexibility index (Phi) is 4.06. The van der Waals surface area contributed by atoms with Gasteiger partial charge in [0.25, 0.3) is 5.91 Å². The number of hydrogen-bond acceptors (Lipinski definition) is 3. The number of nitrogens with zero attached hydrogens (tertiary/aromatic N) is 4. The third kappa shape index (κ3) is 3.05. The van der Waals surface area contributed by atoms with E-state index in [1.54, 1.807) is 15.8 Å². The molecule has 2 aromatic carbocycles. The van der Waals surface area contributed by atoms with Crippen LogP contribution in [0.1, 0.15) is 39.6 Å². The van der Waals surface area contributed by atoms with E-state index >= 15 is 0 Å². The summed E-state index contributed by atoms with van der Waals surface area (Å²) in [5, 5.41) is 8.19. The molecule has 5 nitrogen and oxygen atoms in total. The van der Waals surface area contributed by atoms with Gasteiger partial charge in [-0.3, -0.25) is 4.79 Å². The molecule has 0 saturated heterocycles. The normalized spacial score (nSPS) is 15.8. The SMILES string of the molecule is CN(C(=O)c1cn(Cc2ccccc2)nn1)C1CCc2ccccc21. The Morgan fingerprint density at radius 2 is 1.92 bits per heavy atom. The Balaban J connectivity index is 1.50. The first-order valence-corrected chi connectivity index (χ1v) is 8.51. The highest BCUT2D eigenvalue weighted by Crippen LogP contribution is 2.35. The number of aryl methyl sites for hydroxylation is 1. The van der Waals surface area contributed by atoms with Crippen molar-refractivity contribution in [2.75, 3.05) is 7.05 Å². The van der Waals surface area contributed by atoms with E-state index in [1.165, 1.54) is 11.1 Å². The van der Waals surface area contributed by atoms with Gasteiger partial charge in [-0.15, -0.1) is 5.10 Å². The van der Waals surface area contributed by atoms with Gasteiger partial charge < -0.3 is 4.90 Å². The first-order chi connectivity index (χ1) is 12.2. The number of carbonyl (C=O) groups is 1. The van der Waals surface area contributed by atoms with E-state index in [4.69, 9.17) is 0 Å². The summed E-state index contributed by atoms with van der Waals surface area (Å²) < 4.78 is 1.71. The number of rotatable bonds is 4. The Hall–Kier alpha value is -2.95. The van der Waals surface area contributed by atoms with Crippen LogP contribution in [0.2, 0.25) is 0 Å². The Morgan fingerprint density at radius 3 is 2.76 bits per heavy atom. The van der Waals surface area contributed by atoms with Crippen molar-refractivity contribution >= 4 is 5.91 Å². The monoisotopic (exact) mass is 332 g/mol. The molecule has 126 valence electrons. The smallest absolute Gasteiger partial charge is 0.276 e. The van der Waals surface area contributed by atoms with Gasteiger partial charge in [-0.2, -0.15) is 0 Å². The zero-order valence-corrected chi connectivity index (χ0v) is 14.2. The quantitative estimate of drug-likeness (QED) is 0.738. The number of hydrogen-bond donors (Lipinski definition) is 0. The minimum absolute atomic E-state index is 0.0824. The van der Waals surface area contributed by atoms with Gasteiger partial charge in [0, 0.05) is 7.05 Å². The van der Waals surface area contributed by atoms with Crippen LogP contribution in [0.15, 0.2) is 60.8 Å². The fraction of sp³-hybridized carbons (Fsp3) is 0.250. The van der Waals surface area contributed by atoms with Crippen molar-refractivity contribution in [2.24, 2.45) is 0 Å². The Labute approximate surface area is 146 Å². The van der Waals surface area contributed by atoms with Crippen LogP contribution in [0.25, 0.3) is 0 Å². The van der Waals surface area contributed by atoms with E-state index in [0.29, 0.717) is 12.2 Å². The second kappa shape index (κ2) is 6.51. The molecule has 5 heteroatoms. The third-order valence-electron chi connectivity index (χ3n) is 4.83. The van der Waals surface area contributed by atoms with Gasteiger partial charge in [0.15, 0.2) is 5.69 Å². The summed E-state index contributed by atoms with van der Waals surface area (Å²) in [5.41, 5.74) is 4.10. The number of amides is 1. The number of benzene rings is 2. The molecule has 1 aliphatic rings. The highest BCUT2D eigenvalue weighted by molar-refractivity contribution is 5.92. The summed E-state index contributed by atoms with van der Waals surface area (Å²) in [5.74, 6) is -0.0824. The largest absolute Gasteiger partial charge is 0.333 e. The molecule has 1 aliphatic carbocycles. The molecule has 0 saturated carbocycles. The van der Waals surface area contributed by atoms with Crippen molar-refractivity contribution in [2.45, 2.75) is 25.4 Å². The van der Waals surface area contributed by atoms with Crippen LogP contribution < -0.4 is 0 Å². The predicted octanol–water partition coefficient (Wildman–Crippen LogP) is 3.09. The predicted molar refractivity (Wildman–Crippen MR) is 95.2 cm³/mol. The molecule has 1 aromatic heterocycles. The van der Waals surface area contributed by atoms with E-state index in [2.05, 4.69) is 28.5 Å². The van der Waals surface area contributed by atoms with Gasteiger partial charge in [-0.05, 0) is 29.5 Å². The van der Waals surface area contributed by atoms with Crippen LogP contribution in [-0.2, 0) is 13.0 Å². The van der Waals surface area contributed by atoms with Gasteiger partial charge in [-0.25, -0.2) is 4.68 Å². The lowest BCUT2D eigenvalue weighted by molar-refractivity contribution is 0.0724. The molecule has 0 radical (unpaired) electrons. The summed E-state index contributed by atoms with van der Waals surface area (Å²) in [6.45, 7) is 0.608. The minimum Gasteiger partial charge on any atom is -0.333 e. The average molecular weight is 332 g/mol. The van der Waals surface area contributed by atoms with Crippen molar-refractivity contribution in [3.63, 3.8) is 0 Å². The van der Waals surface area contributed by atoms with Gasteiger partial charge in [0.05, 0.1) is 18.8 Å². The van der Waals surface area contributed by atoms with E-state index in [-0.39, 0.29) is 11.9 Å². The molecule has 1 unspecified atom stereocenters. The standard InChI is InChI=1S/C20H20N4O/c1-23(19-12-11-16-9-5-6-10-17(16)19)20(25)18-14-24(22-21-18)13-15-7-3-2-4-8-15/h2-10,14,19H,11-13H2,1H3. The van der Waals surface area contributed by atoms with E-state index in [9.17, 15) is 4.79 Å². The lowest BCUT2D eigenvalue weighted by Crippen LogP contribution is -2.30. The molecule has 0 N–H and O–H groups in total.